The van der Waals surface area contributed by atoms with Gasteiger partial charge in [-0.15, -0.1) is 0 Å². The highest BCUT2D eigenvalue weighted by atomic mass is 32.1. The van der Waals surface area contributed by atoms with Gasteiger partial charge in [-0.25, -0.2) is 0 Å². The predicted octanol–water partition coefficient (Wildman–Crippen LogP) is 2.73. The summed E-state index contributed by atoms with van der Waals surface area (Å²) in [5, 5.41) is 12.2. The standard InChI is InChI=1S/C7H7F3OS/c8-7(9,10)3-6(11)5-1-2-12-4-5/h1-2,4,6,11H,3H2. The summed E-state index contributed by atoms with van der Waals surface area (Å²) >= 11 is 1.27. The second kappa shape index (κ2) is 3.45. The molecule has 1 heterocycles. The van der Waals surface area contributed by atoms with Crippen LogP contribution in [0.5, 0.6) is 0 Å². The molecule has 0 amide bonds. The van der Waals surface area contributed by atoms with Gasteiger partial charge in [0.2, 0.25) is 0 Å². The molecule has 0 radical (unpaired) electrons. The molecule has 0 saturated carbocycles. The van der Waals surface area contributed by atoms with Crippen molar-refractivity contribution in [3.05, 3.63) is 22.4 Å². The molecule has 68 valence electrons. The molecular formula is C7H7F3OS. The van der Waals surface area contributed by atoms with Crippen molar-refractivity contribution in [3.8, 4) is 0 Å². The highest BCUT2D eigenvalue weighted by Gasteiger charge is 2.31. The summed E-state index contributed by atoms with van der Waals surface area (Å²) in [5.74, 6) is 0. The summed E-state index contributed by atoms with van der Waals surface area (Å²) in [6, 6.07) is 1.49. The average Bonchev–Trinajstić information content (AvgIpc) is 2.32. The largest absolute Gasteiger partial charge is 0.391 e. The van der Waals surface area contributed by atoms with Crippen LogP contribution in [0.4, 0.5) is 13.2 Å². The van der Waals surface area contributed by atoms with Crippen molar-refractivity contribution in [2.45, 2.75) is 18.7 Å². The molecule has 0 bridgehead atoms. The van der Waals surface area contributed by atoms with E-state index in [2.05, 4.69) is 0 Å². The fourth-order valence-corrected chi connectivity index (χ4v) is 1.51. The van der Waals surface area contributed by atoms with E-state index in [4.69, 9.17) is 5.11 Å². The van der Waals surface area contributed by atoms with Gasteiger partial charge in [-0.3, -0.25) is 0 Å². The number of halogens is 3. The lowest BCUT2D eigenvalue weighted by Crippen LogP contribution is -2.12. The van der Waals surface area contributed by atoms with Crippen LogP contribution in [-0.2, 0) is 0 Å². The maximum Gasteiger partial charge on any atom is 0.391 e. The minimum Gasteiger partial charge on any atom is -0.388 e. The van der Waals surface area contributed by atoms with Crippen molar-refractivity contribution >= 4 is 11.3 Å². The van der Waals surface area contributed by atoms with Gasteiger partial charge in [-0.1, -0.05) is 0 Å². The van der Waals surface area contributed by atoms with Crippen LogP contribution in [0.1, 0.15) is 18.1 Å². The van der Waals surface area contributed by atoms with Crippen molar-refractivity contribution in [2.24, 2.45) is 0 Å². The molecule has 0 saturated heterocycles. The molecule has 1 rings (SSSR count). The Bertz CT molecular complexity index is 229. The fourth-order valence-electron chi connectivity index (χ4n) is 0.802. The minimum atomic E-state index is -4.30. The third-order valence-electron chi connectivity index (χ3n) is 1.35. The number of alkyl halides is 3. The quantitative estimate of drug-likeness (QED) is 0.771. The average molecular weight is 196 g/mol. The SMILES string of the molecule is OC(CC(F)(F)F)c1ccsc1. The fraction of sp³-hybridized carbons (Fsp3) is 0.429. The van der Waals surface area contributed by atoms with E-state index in [1.165, 1.54) is 22.8 Å². The Kier molecular flexibility index (Phi) is 2.74. The highest BCUT2D eigenvalue weighted by molar-refractivity contribution is 7.07. The van der Waals surface area contributed by atoms with Crippen molar-refractivity contribution in [1.29, 1.82) is 0 Å². The van der Waals surface area contributed by atoms with Crippen LogP contribution in [0.3, 0.4) is 0 Å². The van der Waals surface area contributed by atoms with E-state index in [-0.39, 0.29) is 0 Å². The van der Waals surface area contributed by atoms with E-state index < -0.39 is 18.7 Å². The van der Waals surface area contributed by atoms with E-state index in [0.717, 1.165) is 0 Å². The summed E-state index contributed by atoms with van der Waals surface area (Å²) < 4.78 is 35.2. The monoisotopic (exact) mass is 196 g/mol. The first-order valence-corrected chi connectivity index (χ1v) is 4.20. The predicted molar refractivity (Wildman–Crippen MR) is 40.0 cm³/mol. The lowest BCUT2D eigenvalue weighted by molar-refractivity contribution is -0.154. The van der Waals surface area contributed by atoms with Crippen LogP contribution in [-0.4, -0.2) is 11.3 Å². The van der Waals surface area contributed by atoms with Gasteiger partial charge in [0.05, 0.1) is 12.5 Å². The van der Waals surface area contributed by atoms with Gasteiger partial charge in [0.1, 0.15) is 0 Å². The van der Waals surface area contributed by atoms with Gasteiger partial charge in [-0.2, -0.15) is 24.5 Å². The lowest BCUT2D eigenvalue weighted by atomic mass is 10.1. The molecule has 0 aromatic carbocycles. The topological polar surface area (TPSA) is 20.2 Å². The molecule has 1 unspecified atom stereocenters. The number of hydrogen-bond donors (Lipinski definition) is 1. The second-order valence-corrected chi connectivity index (χ2v) is 3.17. The maximum atomic E-state index is 11.7. The molecule has 0 spiro atoms. The molecule has 1 nitrogen and oxygen atoms in total. The first kappa shape index (κ1) is 9.54. The number of rotatable bonds is 2. The van der Waals surface area contributed by atoms with E-state index >= 15 is 0 Å². The second-order valence-electron chi connectivity index (χ2n) is 2.39. The van der Waals surface area contributed by atoms with Gasteiger partial charge in [-0.05, 0) is 22.4 Å². The van der Waals surface area contributed by atoms with Gasteiger partial charge < -0.3 is 5.11 Å². The van der Waals surface area contributed by atoms with Gasteiger partial charge in [0, 0.05) is 0 Å². The first-order chi connectivity index (χ1) is 5.49. The van der Waals surface area contributed by atoms with E-state index in [0.29, 0.717) is 5.56 Å². The Hall–Kier alpha value is -0.550. The highest BCUT2D eigenvalue weighted by Crippen LogP contribution is 2.29. The molecular weight excluding hydrogens is 189 g/mol. The minimum absolute atomic E-state index is 0.331. The van der Waals surface area contributed by atoms with Crippen LogP contribution in [0.15, 0.2) is 16.8 Å². The normalized spacial score (nSPS) is 14.7. The molecule has 1 aromatic heterocycles. The van der Waals surface area contributed by atoms with Crippen molar-refractivity contribution in [3.63, 3.8) is 0 Å². The maximum absolute atomic E-state index is 11.7. The smallest absolute Gasteiger partial charge is 0.388 e. The van der Waals surface area contributed by atoms with Crippen molar-refractivity contribution < 1.29 is 18.3 Å². The van der Waals surface area contributed by atoms with Gasteiger partial charge >= 0.3 is 6.18 Å². The third-order valence-corrected chi connectivity index (χ3v) is 2.05. The number of aliphatic hydroxyl groups is 1. The van der Waals surface area contributed by atoms with Gasteiger partial charge in [0.25, 0.3) is 0 Å². The van der Waals surface area contributed by atoms with E-state index in [1.54, 1.807) is 5.38 Å². The van der Waals surface area contributed by atoms with Crippen LogP contribution in [0, 0.1) is 0 Å². The Labute approximate surface area is 71.5 Å². The molecule has 0 aliphatic carbocycles. The zero-order chi connectivity index (χ0) is 9.19. The summed E-state index contributed by atoms with van der Waals surface area (Å²) in [7, 11) is 0. The Morgan fingerprint density at radius 2 is 2.17 bits per heavy atom. The van der Waals surface area contributed by atoms with E-state index in [1.807, 2.05) is 0 Å². The third kappa shape index (κ3) is 2.83. The molecule has 1 aromatic rings. The van der Waals surface area contributed by atoms with E-state index in [9.17, 15) is 13.2 Å². The summed E-state index contributed by atoms with van der Waals surface area (Å²) in [5.41, 5.74) is 0.331. The van der Waals surface area contributed by atoms with Gasteiger partial charge in [0.15, 0.2) is 0 Å². The molecule has 1 N–H and O–H groups in total. The molecule has 5 heteroatoms. The summed E-state index contributed by atoms with van der Waals surface area (Å²) in [6.07, 6.45) is -6.90. The van der Waals surface area contributed by atoms with Crippen LogP contribution in [0.25, 0.3) is 0 Å². The Morgan fingerprint density at radius 1 is 1.50 bits per heavy atom. The molecule has 0 fully saturated rings. The van der Waals surface area contributed by atoms with Crippen molar-refractivity contribution in [2.75, 3.05) is 0 Å². The molecule has 0 aliphatic heterocycles. The number of thiophene rings is 1. The van der Waals surface area contributed by atoms with Crippen LogP contribution >= 0.6 is 11.3 Å². The van der Waals surface area contributed by atoms with Crippen LogP contribution in [0.2, 0.25) is 0 Å². The Balaban J connectivity index is 2.56. The first-order valence-electron chi connectivity index (χ1n) is 3.26. The zero-order valence-electron chi connectivity index (χ0n) is 6.01. The number of aliphatic hydroxyl groups excluding tert-OH is 1. The summed E-state index contributed by atoms with van der Waals surface area (Å²) in [4.78, 5) is 0. The number of hydrogen-bond acceptors (Lipinski definition) is 2. The summed E-state index contributed by atoms with van der Waals surface area (Å²) in [6.45, 7) is 0. The lowest BCUT2D eigenvalue weighted by Gasteiger charge is -2.11. The van der Waals surface area contributed by atoms with Crippen molar-refractivity contribution in [1.82, 2.24) is 0 Å². The Morgan fingerprint density at radius 3 is 2.58 bits per heavy atom. The molecule has 0 aliphatic rings. The van der Waals surface area contributed by atoms with Crippen LogP contribution < -0.4 is 0 Å². The molecule has 12 heavy (non-hydrogen) atoms. The molecule has 1 atom stereocenters. The zero-order valence-corrected chi connectivity index (χ0v) is 6.82.